The molecule has 8 heteroatoms. The second-order valence-corrected chi connectivity index (χ2v) is 8.16. The zero-order valence-electron chi connectivity index (χ0n) is 18.2. The van der Waals surface area contributed by atoms with Gasteiger partial charge in [-0.3, -0.25) is 9.78 Å². The molecule has 2 N–H and O–H groups in total. The molecule has 2 aromatic heterocycles. The number of carbonyl (C=O) groups excluding carboxylic acids is 1. The number of carbonyl (C=O) groups is 1. The smallest absolute Gasteiger partial charge is 0.266 e. The lowest BCUT2D eigenvalue weighted by molar-refractivity contribution is -0.112. The lowest BCUT2D eigenvalue weighted by atomic mass is 10.1. The highest BCUT2D eigenvalue weighted by Crippen LogP contribution is 2.25. The van der Waals surface area contributed by atoms with Gasteiger partial charge in [0.15, 0.2) is 0 Å². The van der Waals surface area contributed by atoms with Crippen LogP contribution in [-0.4, -0.2) is 20.9 Å². The Balaban J connectivity index is 1.54. The van der Waals surface area contributed by atoms with E-state index < -0.39 is 5.91 Å². The van der Waals surface area contributed by atoms with Gasteiger partial charge in [-0.25, -0.2) is 9.97 Å². The van der Waals surface area contributed by atoms with Crippen LogP contribution in [0.4, 0.5) is 17.3 Å². The Labute approximate surface area is 205 Å². The van der Waals surface area contributed by atoms with Crippen molar-refractivity contribution in [3.8, 4) is 17.3 Å². The number of amides is 1. The predicted octanol–water partition coefficient (Wildman–Crippen LogP) is 5.90. The summed E-state index contributed by atoms with van der Waals surface area (Å²) in [5, 5.41) is 15.5. The number of pyridine rings is 1. The van der Waals surface area contributed by atoms with Gasteiger partial charge >= 0.3 is 0 Å². The summed E-state index contributed by atoms with van der Waals surface area (Å²) < 4.78 is 0.797. The summed E-state index contributed by atoms with van der Waals surface area (Å²) in [7, 11) is 0. The second kappa shape index (κ2) is 10.5. The molecule has 166 valence electrons. The zero-order chi connectivity index (χ0) is 23.9. The number of nitrogens with zero attached hydrogens (tertiary/aromatic N) is 4. The molecule has 0 aliphatic carbocycles. The third-order valence-electron chi connectivity index (χ3n) is 4.92. The van der Waals surface area contributed by atoms with Crippen molar-refractivity contribution >= 4 is 45.2 Å². The van der Waals surface area contributed by atoms with Crippen LogP contribution in [0.1, 0.15) is 11.1 Å². The van der Waals surface area contributed by atoms with E-state index in [2.05, 4.69) is 41.5 Å². The molecule has 0 saturated carbocycles. The van der Waals surface area contributed by atoms with Crippen LogP contribution >= 0.6 is 15.9 Å². The first kappa shape index (κ1) is 22.8. The van der Waals surface area contributed by atoms with Gasteiger partial charge in [0.25, 0.3) is 5.91 Å². The maximum absolute atomic E-state index is 12.7. The molecule has 0 atom stereocenters. The normalized spacial score (nSPS) is 10.9. The monoisotopic (exact) mass is 510 g/mol. The molecule has 0 radical (unpaired) electrons. The molecule has 0 aliphatic rings. The van der Waals surface area contributed by atoms with Crippen molar-refractivity contribution in [2.45, 2.75) is 6.92 Å². The maximum atomic E-state index is 12.7. The van der Waals surface area contributed by atoms with Crippen LogP contribution in [-0.2, 0) is 4.79 Å². The molecule has 34 heavy (non-hydrogen) atoms. The van der Waals surface area contributed by atoms with Crippen molar-refractivity contribution in [1.82, 2.24) is 15.0 Å². The quantitative estimate of drug-likeness (QED) is 0.247. The fraction of sp³-hybridized carbons (Fsp3) is 0.0385. The third-order valence-corrected chi connectivity index (χ3v) is 5.65. The first-order valence-electron chi connectivity index (χ1n) is 10.3. The van der Waals surface area contributed by atoms with Crippen molar-refractivity contribution in [2.24, 2.45) is 0 Å². The Morgan fingerprint density at radius 2 is 1.94 bits per heavy atom. The molecule has 0 spiro atoms. The summed E-state index contributed by atoms with van der Waals surface area (Å²) in [6.45, 7) is 1.94. The Hall–Kier alpha value is -4.35. The molecule has 7 nitrogen and oxygen atoms in total. The van der Waals surface area contributed by atoms with Crippen molar-refractivity contribution in [1.29, 1.82) is 5.26 Å². The number of rotatable bonds is 6. The summed E-state index contributed by atoms with van der Waals surface area (Å²) >= 11 is 3.43. The summed E-state index contributed by atoms with van der Waals surface area (Å²) in [6, 6.07) is 20.4. The van der Waals surface area contributed by atoms with E-state index in [9.17, 15) is 10.1 Å². The molecule has 0 fully saturated rings. The summed E-state index contributed by atoms with van der Waals surface area (Å²) in [5.74, 6) is -0.0812. The van der Waals surface area contributed by atoms with Crippen LogP contribution < -0.4 is 10.6 Å². The van der Waals surface area contributed by atoms with E-state index in [4.69, 9.17) is 0 Å². The van der Waals surface area contributed by atoms with Crippen LogP contribution in [0, 0.1) is 18.3 Å². The molecule has 0 unspecified atom stereocenters. The van der Waals surface area contributed by atoms with Gasteiger partial charge in [0.2, 0.25) is 5.95 Å². The van der Waals surface area contributed by atoms with Crippen molar-refractivity contribution in [2.75, 3.05) is 10.6 Å². The van der Waals surface area contributed by atoms with Crippen molar-refractivity contribution < 1.29 is 4.79 Å². The maximum Gasteiger partial charge on any atom is 0.266 e. The fourth-order valence-corrected chi connectivity index (χ4v) is 3.54. The highest BCUT2D eigenvalue weighted by atomic mass is 79.9. The second-order valence-electron chi connectivity index (χ2n) is 7.31. The molecule has 0 bridgehead atoms. The van der Waals surface area contributed by atoms with Crippen LogP contribution in [0.2, 0.25) is 0 Å². The van der Waals surface area contributed by atoms with E-state index in [1.165, 1.54) is 0 Å². The summed E-state index contributed by atoms with van der Waals surface area (Å²) in [6.07, 6.45) is 6.66. The van der Waals surface area contributed by atoms with E-state index in [-0.39, 0.29) is 5.57 Å². The summed E-state index contributed by atoms with van der Waals surface area (Å²) in [5.41, 5.74) is 4.57. The van der Waals surface area contributed by atoms with E-state index in [0.29, 0.717) is 11.6 Å². The highest BCUT2D eigenvalue weighted by Gasteiger charge is 2.12. The Kier molecular flexibility index (Phi) is 7.06. The number of hydrogen-bond acceptors (Lipinski definition) is 6. The third kappa shape index (κ3) is 5.52. The van der Waals surface area contributed by atoms with E-state index in [1.54, 1.807) is 36.8 Å². The minimum Gasteiger partial charge on any atom is -0.324 e. The van der Waals surface area contributed by atoms with Gasteiger partial charge in [0, 0.05) is 40.0 Å². The number of aromatic nitrogens is 3. The predicted molar refractivity (Wildman–Crippen MR) is 136 cm³/mol. The van der Waals surface area contributed by atoms with Gasteiger partial charge in [0.05, 0.1) is 5.69 Å². The highest BCUT2D eigenvalue weighted by molar-refractivity contribution is 9.10. The van der Waals surface area contributed by atoms with E-state index in [0.717, 1.165) is 32.5 Å². The molecule has 1 amide bonds. The first-order valence-corrected chi connectivity index (χ1v) is 11.1. The molecular formula is C26H19BrN6O. The van der Waals surface area contributed by atoms with Gasteiger partial charge in [0.1, 0.15) is 11.6 Å². The largest absolute Gasteiger partial charge is 0.324 e. The minimum absolute atomic E-state index is 0.00510. The van der Waals surface area contributed by atoms with E-state index in [1.807, 2.05) is 61.5 Å². The standard InChI is InChI=1S/C26H19BrN6O/c1-17-8-9-21(31-25(34)20(15-28)13-18-5-2-3-7-22(18)27)14-24(17)33-26-30-12-10-23(32-26)19-6-4-11-29-16-19/h2-14,16H,1H3,(H,31,34)(H,30,32,33)/b20-13+. The van der Waals surface area contributed by atoms with Gasteiger partial charge in [-0.15, -0.1) is 0 Å². The number of benzene rings is 2. The molecule has 2 aromatic carbocycles. The lowest BCUT2D eigenvalue weighted by Gasteiger charge is -2.12. The fourth-order valence-electron chi connectivity index (χ4n) is 3.14. The van der Waals surface area contributed by atoms with Crippen LogP contribution in [0.3, 0.4) is 0 Å². The van der Waals surface area contributed by atoms with Gasteiger partial charge in [-0.1, -0.05) is 40.2 Å². The van der Waals surface area contributed by atoms with E-state index >= 15 is 0 Å². The molecule has 4 rings (SSSR count). The SMILES string of the molecule is Cc1ccc(NC(=O)/C(C#N)=C/c2ccccc2Br)cc1Nc1nccc(-c2cccnc2)n1. The Morgan fingerprint density at radius 3 is 2.71 bits per heavy atom. The van der Waals surface area contributed by atoms with Gasteiger partial charge in [-0.2, -0.15) is 5.26 Å². The number of hydrogen-bond donors (Lipinski definition) is 2. The number of anilines is 3. The van der Waals surface area contributed by atoms with Crippen LogP contribution in [0.15, 0.2) is 89.3 Å². The van der Waals surface area contributed by atoms with Crippen LogP contribution in [0.25, 0.3) is 17.3 Å². The molecule has 2 heterocycles. The number of halogens is 1. The zero-order valence-corrected chi connectivity index (χ0v) is 19.7. The van der Waals surface area contributed by atoms with Crippen molar-refractivity contribution in [3.05, 3.63) is 100 Å². The number of nitrogens with one attached hydrogen (secondary N) is 2. The summed E-state index contributed by atoms with van der Waals surface area (Å²) in [4.78, 5) is 25.7. The lowest BCUT2D eigenvalue weighted by Crippen LogP contribution is -2.13. The van der Waals surface area contributed by atoms with Gasteiger partial charge < -0.3 is 10.6 Å². The topological polar surface area (TPSA) is 104 Å². The molecule has 4 aromatic rings. The molecule has 0 saturated heterocycles. The molecule has 0 aliphatic heterocycles. The first-order chi connectivity index (χ1) is 16.5. The average molecular weight is 511 g/mol. The Bertz CT molecular complexity index is 1410. The number of aryl methyl sites for hydroxylation is 1. The average Bonchev–Trinajstić information content (AvgIpc) is 2.86. The minimum atomic E-state index is -0.497. The molecular weight excluding hydrogens is 492 g/mol. The number of nitriles is 1. The van der Waals surface area contributed by atoms with Crippen molar-refractivity contribution in [3.63, 3.8) is 0 Å². The van der Waals surface area contributed by atoms with Gasteiger partial charge in [-0.05, 0) is 60.5 Å². The Morgan fingerprint density at radius 1 is 1.09 bits per heavy atom. The van der Waals surface area contributed by atoms with Crippen LogP contribution in [0.5, 0.6) is 0 Å².